The molecule has 2 fully saturated rings. The number of aromatic amines is 1. The first-order chi connectivity index (χ1) is 15.3. The third-order valence-electron chi connectivity index (χ3n) is 6.87. The zero-order valence-electron chi connectivity index (χ0n) is 17.7. The monoisotopic (exact) mass is 440 g/mol. The molecule has 1 atom stereocenters. The number of alkyl halides is 2. The topological polar surface area (TPSA) is 65.6 Å². The largest absolute Gasteiger partial charge is 0.491 e. The maximum Gasteiger partial charge on any atom is 0.254 e. The van der Waals surface area contributed by atoms with Gasteiger partial charge in [-0.1, -0.05) is 18.2 Å². The SMILES string of the molecule is O=c1ccc(-c2ccc3ccc(OCC(O)CN4CCC5(CC4)CC5(F)F)cc3c2)c[nH]1. The lowest BCUT2D eigenvalue weighted by molar-refractivity contribution is 0.0138. The summed E-state index contributed by atoms with van der Waals surface area (Å²) in [4.78, 5) is 16.0. The Labute approximate surface area is 184 Å². The Balaban J connectivity index is 1.19. The Morgan fingerprint density at radius 3 is 2.44 bits per heavy atom. The van der Waals surface area contributed by atoms with Gasteiger partial charge in [-0.25, -0.2) is 8.78 Å². The van der Waals surface area contributed by atoms with Crippen LogP contribution in [-0.2, 0) is 0 Å². The van der Waals surface area contributed by atoms with E-state index in [4.69, 9.17) is 4.74 Å². The van der Waals surface area contributed by atoms with Gasteiger partial charge < -0.3 is 19.7 Å². The summed E-state index contributed by atoms with van der Waals surface area (Å²) in [6.07, 6.45) is 2.01. The van der Waals surface area contributed by atoms with Crippen molar-refractivity contribution in [2.45, 2.75) is 31.3 Å². The lowest BCUT2D eigenvalue weighted by Gasteiger charge is -2.33. The van der Waals surface area contributed by atoms with Gasteiger partial charge in [0.25, 0.3) is 5.92 Å². The fourth-order valence-electron chi connectivity index (χ4n) is 4.71. The number of aliphatic hydroxyl groups is 1. The summed E-state index contributed by atoms with van der Waals surface area (Å²) < 4.78 is 32.9. The predicted octanol–water partition coefficient (Wildman–Crippen LogP) is 4.06. The summed E-state index contributed by atoms with van der Waals surface area (Å²) in [5.41, 5.74) is 0.984. The van der Waals surface area contributed by atoms with Crippen LogP contribution in [0.15, 0.2) is 59.5 Å². The number of H-pyrrole nitrogens is 1. The summed E-state index contributed by atoms with van der Waals surface area (Å²) in [6, 6.07) is 15.1. The third kappa shape index (κ3) is 4.14. The highest BCUT2D eigenvalue weighted by Crippen LogP contribution is 2.65. The van der Waals surface area contributed by atoms with E-state index in [0.717, 1.165) is 21.9 Å². The zero-order chi connectivity index (χ0) is 22.3. The van der Waals surface area contributed by atoms with Crippen LogP contribution in [0.3, 0.4) is 0 Å². The lowest BCUT2D eigenvalue weighted by Crippen LogP contribution is -2.42. The van der Waals surface area contributed by atoms with Gasteiger partial charge in [0.1, 0.15) is 18.5 Å². The van der Waals surface area contributed by atoms with E-state index in [1.165, 1.54) is 6.07 Å². The van der Waals surface area contributed by atoms with Gasteiger partial charge in [-0.2, -0.15) is 0 Å². The number of hydrogen-bond donors (Lipinski definition) is 2. The quantitative estimate of drug-likeness (QED) is 0.607. The first-order valence-corrected chi connectivity index (χ1v) is 11.0. The summed E-state index contributed by atoms with van der Waals surface area (Å²) in [5, 5.41) is 12.4. The molecule has 2 N–H and O–H groups in total. The van der Waals surface area contributed by atoms with Crippen molar-refractivity contribution in [3.05, 3.63) is 65.1 Å². The van der Waals surface area contributed by atoms with Crippen molar-refractivity contribution in [2.75, 3.05) is 26.2 Å². The Kier molecular flexibility index (Phi) is 5.26. The van der Waals surface area contributed by atoms with E-state index >= 15 is 0 Å². The number of fused-ring (bicyclic) bond motifs is 1. The summed E-state index contributed by atoms with van der Waals surface area (Å²) in [7, 11) is 0. The number of aromatic nitrogens is 1. The molecule has 2 aromatic carbocycles. The van der Waals surface area contributed by atoms with Gasteiger partial charge in [0, 0.05) is 30.6 Å². The minimum Gasteiger partial charge on any atom is -0.491 e. The molecule has 5 nitrogen and oxygen atoms in total. The lowest BCUT2D eigenvalue weighted by atomic mass is 9.93. The van der Waals surface area contributed by atoms with Crippen LogP contribution >= 0.6 is 0 Å². The second-order valence-electron chi connectivity index (χ2n) is 9.09. The fraction of sp³-hybridized carbons (Fsp3) is 0.400. The number of rotatable bonds is 6. The number of aliphatic hydroxyl groups excluding tert-OH is 1. The van der Waals surface area contributed by atoms with Crippen LogP contribution in [0.5, 0.6) is 5.75 Å². The molecule has 2 aliphatic rings. The van der Waals surface area contributed by atoms with Crippen molar-refractivity contribution < 1.29 is 18.6 Å². The standard InChI is InChI=1S/C25H26F2N2O3/c26-25(27)16-24(25)7-9-29(10-8-24)14-21(30)15-32-22-5-3-17-1-2-18(11-20(17)12-22)19-4-6-23(31)28-13-19/h1-6,11-13,21,30H,7-10,14-16H2,(H,28,31). The number of β-amino-alcohol motifs (C(OH)–C–C–N with tert-alkyl or cyclic N) is 1. The van der Waals surface area contributed by atoms with E-state index in [9.17, 15) is 18.7 Å². The molecule has 7 heteroatoms. The summed E-state index contributed by atoms with van der Waals surface area (Å²) in [6.45, 7) is 1.75. The molecule has 1 aromatic heterocycles. The number of nitrogens with zero attached hydrogens (tertiary/aromatic N) is 1. The molecule has 1 saturated carbocycles. The van der Waals surface area contributed by atoms with Crippen molar-refractivity contribution in [1.29, 1.82) is 0 Å². The fourth-order valence-corrected chi connectivity index (χ4v) is 4.71. The molecule has 0 radical (unpaired) electrons. The molecule has 3 aromatic rings. The molecule has 5 rings (SSSR count). The molecular weight excluding hydrogens is 414 g/mol. The zero-order valence-corrected chi connectivity index (χ0v) is 17.7. The molecule has 1 spiro atoms. The molecule has 1 aliphatic heterocycles. The van der Waals surface area contributed by atoms with Crippen LogP contribution in [0.25, 0.3) is 21.9 Å². The van der Waals surface area contributed by atoms with E-state index in [1.807, 2.05) is 41.3 Å². The Morgan fingerprint density at radius 1 is 1.03 bits per heavy atom. The number of pyridine rings is 1. The number of piperidine rings is 1. The highest BCUT2D eigenvalue weighted by molar-refractivity contribution is 5.88. The van der Waals surface area contributed by atoms with Crippen LogP contribution in [0.1, 0.15) is 19.3 Å². The highest BCUT2D eigenvalue weighted by Gasteiger charge is 2.70. The van der Waals surface area contributed by atoms with Crippen molar-refractivity contribution in [3.8, 4) is 16.9 Å². The second-order valence-corrected chi connectivity index (χ2v) is 9.09. The van der Waals surface area contributed by atoms with Gasteiger partial charge in [-0.05, 0) is 72.1 Å². The molecule has 2 heterocycles. The normalized spacial score (nSPS) is 20.3. The number of halogens is 2. The summed E-state index contributed by atoms with van der Waals surface area (Å²) >= 11 is 0. The highest BCUT2D eigenvalue weighted by atomic mass is 19.3. The molecule has 0 bridgehead atoms. The van der Waals surface area contributed by atoms with Crippen molar-refractivity contribution >= 4 is 10.8 Å². The predicted molar refractivity (Wildman–Crippen MR) is 119 cm³/mol. The number of benzene rings is 2. The van der Waals surface area contributed by atoms with Gasteiger partial charge in [0.2, 0.25) is 5.56 Å². The van der Waals surface area contributed by atoms with Crippen LogP contribution in [0.2, 0.25) is 0 Å². The first-order valence-electron chi connectivity index (χ1n) is 11.0. The van der Waals surface area contributed by atoms with Crippen molar-refractivity contribution in [3.63, 3.8) is 0 Å². The maximum atomic E-state index is 13.5. The van der Waals surface area contributed by atoms with E-state index in [1.54, 1.807) is 12.3 Å². The average Bonchev–Trinajstić information content (AvgIpc) is 3.33. The number of hydrogen-bond acceptors (Lipinski definition) is 4. The van der Waals surface area contributed by atoms with E-state index in [-0.39, 0.29) is 18.6 Å². The number of nitrogens with one attached hydrogen (secondary N) is 1. The smallest absolute Gasteiger partial charge is 0.254 e. The first kappa shape index (κ1) is 21.1. The van der Waals surface area contributed by atoms with E-state index in [2.05, 4.69) is 4.98 Å². The second kappa shape index (κ2) is 7.98. The van der Waals surface area contributed by atoms with Crippen LogP contribution in [-0.4, -0.2) is 53.3 Å². The number of likely N-dealkylation sites (tertiary alicyclic amines) is 1. The molecule has 1 unspecified atom stereocenters. The van der Waals surface area contributed by atoms with Crippen molar-refractivity contribution in [2.24, 2.45) is 5.41 Å². The van der Waals surface area contributed by atoms with Crippen LogP contribution < -0.4 is 10.3 Å². The Hall–Kier alpha value is -2.77. The maximum absolute atomic E-state index is 13.5. The molecule has 1 saturated heterocycles. The molecular formula is C25H26F2N2O3. The van der Waals surface area contributed by atoms with Crippen LogP contribution in [0.4, 0.5) is 8.78 Å². The minimum absolute atomic E-state index is 0.0192. The Bertz CT molecular complexity index is 1160. The molecule has 32 heavy (non-hydrogen) atoms. The molecule has 0 amide bonds. The van der Waals surface area contributed by atoms with E-state index < -0.39 is 17.4 Å². The van der Waals surface area contributed by atoms with Crippen LogP contribution in [0, 0.1) is 5.41 Å². The van der Waals surface area contributed by atoms with E-state index in [0.29, 0.717) is 38.2 Å². The van der Waals surface area contributed by atoms with Gasteiger partial charge >= 0.3 is 0 Å². The van der Waals surface area contributed by atoms with Gasteiger partial charge in [0.05, 0.1) is 0 Å². The van der Waals surface area contributed by atoms with Gasteiger partial charge in [-0.3, -0.25) is 4.79 Å². The van der Waals surface area contributed by atoms with Crippen molar-refractivity contribution in [1.82, 2.24) is 9.88 Å². The third-order valence-corrected chi connectivity index (χ3v) is 6.87. The number of ether oxygens (including phenoxy) is 1. The van der Waals surface area contributed by atoms with Gasteiger partial charge in [0.15, 0.2) is 0 Å². The molecule has 168 valence electrons. The minimum atomic E-state index is -2.49. The van der Waals surface area contributed by atoms with Gasteiger partial charge in [-0.15, -0.1) is 0 Å². The molecule has 1 aliphatic carbocycles. The Morgan fingerprint density at radius 2 is 1.75 bits per heavy atom. The summed E-state index contributed by atoms with van der Waals surface area (Å²) in [5.74, 6) is -1.83. The average molecular weight is 440 g/mol.